The fourth-order valence-electron chi connectivity index (χ4n) is 5.76. The van der Waals surface area contributed by atoms with E-state index in [4.69, 9.17) is 20.5 Å². The van der Waals surface area contributed by atoms with Gasteiger partial charge in [0.15, 0.2) is 5.66 Å². The fourth-order valence-corrected chi connectivity index (χ4v) is 5.76. The predicted molar refractivity (Wildman–Crippen MR) is 121 cm³/mol. The summed E-state index contributed by atoms with van der Waals surface area (Å²) in [4.78, 5) is 14.8. The van der Waals surface area contributed by atoms with Crippen molar-refractivity contribution in [3.05, 3.63) is 53.3 Å². The Kier molecular flexibility index (Phi) is 4.55. The molecule has 2 aromatic rings. The minimum atomic E-state index is -0.594. The van der Waals surface area contributed by atoms with Crippen molar-refractivity contribution in [3.63, 3.8) is 0 Å². The zero-order valence-electron chi connectivity index (χ0n) is 18.1. The van der Waals surface area contributed by atoms with Crippen LogP contribution >= 0.6 is 0 Å². The molecule has 2 aliphatic carbocycles. The predicted octanol–water partition coefficient (Wildman–Crippen LogP) is 4.56. The molecule has 1 aliphatic heterocycles. The van der Waals surface area contributed by atoms with Crippen LogP contribution in [-0.4, -0.2) is 29.7 Å². The van der Waals surface area contributed by atoms with E-state index >= 15 is 0 Å². The molecule has 2 spiro atoms. The molecular formula is C25H30N4O. The van der Waals surface area contributed by atoms with Crippen molar-refractivity contribution in [2.75, 3.05) is 7.11 Å². The largest absolute Gasteiger partial charge is 0.382 e. The minimum Gasteiger partial charge on any atom is -0.382 e. The zero-order valence-corrected chi connectivity index (χ0v) is 18.1. The zero-order chi connectivity index (χ0) is 20.9. The molecule has 1 aromatic carbocycles. The number of nitrogens with zero attached hydrogens (tertiary/aromatic N) is 3. The molecular weight excluding hydrogens is 372 g/mol. The van der Waals surface area contributed by atoms with Crippen LogP contribution in [0.1, 0.15) is 55.7 Å². The van der Waals surface area contributed by atoms with E-state index in [1.54, 1.807) is 0 Å². The molecule has 1 atom stereocenters. The van der Waals surface area contributed by atoms with E-state index in [1.165, 1.54) is 16.7 Å². The van der Waals surface area contributed by atoms with Gasteiger partial charge >= 0.3 is 0 Å². The highest BCUT2D eigenvalue weighted by Crippen LogP contribution is 2.62. The number of fused-ring (bicyclic) bond motifs is 3. The maximum Gasteiger partial charge on any atom is 0.184 e. The molecule has 0 radical (unpaired) electrons. The van der Waals surface area contributed by atoms with Crippen LogP contribution in [-0.2, 0) is 16.8 Å². The summed E-state index contributed by atoms with van der Waals surface area (Å²) >= 11 is 0. The molecule has 3 aliphatic rings. The maximum absolute atomic E-state index is 6.40. The van der Waals surface area contributed by atoms with Gasteiger partial charge in [0.25, 0.3) is 0 Å². The Morgan fingerprint density at radius 2 is 1.90 bits per heavy atom. The molecule has 1 aromatic heterocycles. The number of amidine groups is 1. The highest BCUT2D eigenvalue weighted by Gasteiger charge is 2.60. The summed E-state index contributed by atoms with van der Waals surface area (Å²) in [7, 11) is 1.82. The standard InChI is InChI=1S/C25H30N4O/c1-4-22-23(26)29-25(28-22)21-12-17(19-11-16(2)14-27-15-19)5-6-18(21)13-24(25)9-7-20(30-3)8-10-24/h5-6,11-12,14-15,20H,4,7-10,13H2,1-3H3,(H2,26,29). The van der Waals surface area contributed by atoms with Crippen molar-refractivity contribution >= 4 is 11.5 Å². The summed E-state index contributed by atoms with van der Waals surface area (Å²) in [5.41, 5.74) is 12.8. The molecule has 1 unspecified atom stereocenters. The van der Waals surface area contributed by atoms with E-state index in [-0.39, 0.29) is 5.41 Å². The number of aliphatic imine (C=N–C) groups is 2. The highest BCUT2D eigenvalue weighted by atomic mass is 16.5. The first-order chi connectivity index (χ1) is 14.5. The molecule has 30 heavy (non-hydrogen) atoms. The number of hydrogen-bond donors (Lipinski definition) is 1. The average molecular weight is 403 g/mol. The van der Waals surface area contributed by atoms with Gasteiger partial charge in [-0.25, -0.2) is 4.99 Å². The number of benzene rings is 1. The first-order valence-electron chi connectivity index (χ1n) is 11.0. The first kappa shape index (κ1) is 19.4. The van der Waals surface area contributed by atoms with Crippen LogP contribution in [0.25, 0.3) is 11.1 Å². The lowest BCUT2D eigenvalue weighted by Crippen LogP contribution is -2.43. The van der Waals surface area contributed by atoms with Gasteiger partial charge in [-0.3, -0.25) is 9.98 Å². The topological polar surface area (TPSA) is 72.9 Å². The normalized spacial score (nSPS) is 29.9. The van der Waals surface area contributed by atoms with Crippen molar-refractivity contribution < 1.29 is 4.74 Å². The number of rotatable bonds is 3. The molecule has 5 heteroatoms. The first-order valence-corrected chi connectivity index (χ1v) is 11.0. The Bertz CT molecular complexity index is 1050. The van der Waals surface area contributed by atoms with Gasteiger partial charge in [0.2, 0.25) is 0 Å². The second-order valence-electron chi connectivity index (χ2n) is 9.10. The third-order valence-electron chi connectivity index (χ3n) is 7.39. The molecule has 0 bridgehead atoms. The lowest BCUT2D eigenvalue weighted by atomic mass is 9.65. The second-order valence-corrected chi connectivity index (χ2v) is 9.10. The second kappa shape index (κ2) is 7.02. The number of methoxy groups -OCH3 is 1. The lowest BCUT2D eigenvalue weighted by molar-refractivity contribution is -0.000389. The molecule has 2 heterocycles. The third-order valence-corrected chi connectivity index (χ3v) is 7.39. The van der Waals surface area contributed by atoms with E-state index in [9.17, 15) is 0 Å². The van der Waals surface area contributed by atoms with Crippen molar-refractivity contribution in [2.24, 2.45) is 21.1 Å². The smallest absolute Gasteiger partial charge is 0.184 e. The summed E-state index contributed by atoms with van der Waals surface area (Å²) < 4.78 is 5.67. The lowest BCUT2D eigenvalue weighted by Gasteiger charge is -2.44. The van der Waals surface area contributed by atoms with Gasteiger partial charge in [0.1, 0.15) is 5.84 Å². The molecule has 1 saturated carbocycles. The molecule has 2 N–H and O–H groups in total. The molecule has 0 amide bonds. The Labute approximate surface area is 178 Å². The van der Waals surface area contributed by atoms with Crippen LogP contribution in [0.15, 0.2) is 46.6 Å². The number of hydrogen-bond acceptors (Lipinski definition) is 5. The van der Waals surface area contributed by atoms with Crippen LogP contribution in [0.2, 0.25) is 0 Å². The Morgan fingerprint density at radius 1 is 1.10 bits per heavy atom. The van der Waals surface area contributed by atoms with E-state index < -0.39 is 5.66 Å². The quantitative estimate of drug-likeness (QED) is 0.818. The number of ether oxygens (including phenoxy) is 1. The molecule has 5 nitrogen and oxygen atoms in total. The van der Waals surface area contributed by atoms with E-state index in [0.29, 0.717) is 11.9 Å². The Morgan fingerprint density at radius 3 is 2.57 bits per heavy atom. The molecule has 0 saturated heterocycles. The Balaban J connectivity index is 1.66. The number of pyridine rings is 1. The number of nitrogens with two attached hydrogens (primary N) is 1. The molecule has 1 fully saturated rings. The van der Waals surface area contributed by atoms with Gasteiger partial charge in [-0.05, 0) is 74.3 Å². The summed E-state index contributed by atoms with van der Waals surface area (Å²) in [5, 5.41) is 0. The fraction of sp³-hybridized carbons (Fsp3) is 0.480. The van der Waals surface area contributed by atoms with Gasteiger partial charge in [-0.15, -0.1) is 0 Å². The van der Waals surface area contributed by atoms with Crippen LogP contribution in [0.5, 0.6) is 0 Å². The van der Waals surface area contributed by atoms with E-state index in [1.807, 2.05) is 19.5 Å². The summed E-state index contributed by atoms with van der Waals surface area (Å²) in [5.74, 6) is 0.612. The van der Waals surface area contributed by atoms with E-state index in [2.05, 4.69) is 43.1 Å². The van der Waals surface area contributed by atoms with Gasteiger partial charge in [0, 0.05) is 36.0 Å². The van der Waals surface area contributed by atoms with Crippen LogP contribution in [0, 0.1) is 12.3 Å². The van der Waals surface area contributed by atoms with Gasteiger partial charge in [-0.1, -0.05) is 19.1 Å². The highest BCUT2D eigenvalue weighted by molar-refractivity contribution is 6.42. The van der Waals surface area contributed by atoms with Gasteiger partial charge in [-0.2, -0.15) is 0 Å². The molecule has 5 rings (SSSR count). The van der Waals surface area contributed by atoms with Crippen molar-refractivity contribution in [1.29, 1.82) is 0 Å². The van der Waals surface area contributed by atoms with Crippen molar-refractivity contribution in [1.82, 2.24) is 4.98 Å². The maximum atomic E-state index is 6.40. The van der Waals surface area contributed by atoms with E-state index in [0.717, 1.165) is 55.4 Å². The van der Waals surface area contributed by atoms with Crippen molar-refractivity contribution in [2.45, 2.75) is 64.1 Å². The molecule has 156 valence electrons. The summed E-state index contributed by atoms with van der Waals surface area (Å²) in [6.45, 7) is 4.19. The monoisotopic (exact) mass is 402 g/mol. The van der Waals surface area contributed by atoms with Crippen molar-refractivity contribution in [3.8, 4) is 11.1 Å². The van der Waals surface area contributed by atoms with Crippen LogP contribution in [0.4, 0.5) is 0 Å². The number of aromatic nitrogens is 1. The minimum absolute atomic E-state index is 0.0185. The SMILES string of the molecule is CCC1=NC2(N=C1N)c1cc(-c3cncc(C)c3)ccc1CC21CCC(OC)CC1. The van der Waals surface area contributed by atoms with Crippen LogP contribution < -0.4 is 5.73 Å². The average Bonchev–Trinajstić information content (AvgIpc) is 3.23. The third kappa shape index (κ3) is 2.75. The van der Waals surface area contributed by atoms with Gasteiger partial charge < -0.3 is 10.5 Å². The van der Waals surface area contributed by atoms with Crippen LogP contribution in [0.3, 0.4) is 0 Å². The Hall–Kier alpha value is -2.53. The summed E-state index contributed by atoms with van der Waals surface area (Å²) in [6.07, 6.45) is 10.2. The number of aryl methyl sites for hydroxylation is 1. The van der Waals surface area contributed by atoms with Gasteiger partial charge in [0.05, 0.1) is 11.8 Å². The summed E-state index contributed by atoms with van der Waals surface area (Å²) in [6, 6.07) is 8.97.